The number of hydrogen-bond acceptors (Lipinski definition) is 3. The summed E-state index contributed by atoms with van der Waals surface area (Å²) in [6, 6.07) is 14.8. The Hall–Kier alpha value is -1.84. The zero-order valence-electron chi connectivity index (χ0n) is 9.68. The molecular weight excluding hydrogens is 283 g/mol. The van der Waals surface area contributed by atoms with Crippen molar-refractivity contribution in [3.8, 4) is 22.9 Å². The summed E-state index contributed by atoms with van der Waals surface area (Å²) in [5.41, 5.74) is 1.49. The molecule has 19 heavy (non-hydrogen) atoms. The number of nitrogens with zero attached hydrogens (tertiary/aromatic N) is 2. The zero-order valence-corrected chi connectivity index (χ0v) is 11.2. The number of rotatable bonds is 2. The second kappa shape index (κ2) is 5.03. The molecule has 3 nitrogen and oxygen atoms in total. The summed E-state index contributed by atoms with van der Waals surface area (Å²) in [4.78, 5) is 0. The molecule has 0 fully saturated rings. The lowest BCUT2D eigenvalue weighted by Crippen LogP contribution is -1.80. The van der Waals surface area contributed by atoms with Crippen molar-refractivity contribution in [1.82, 2.24) is 10.2 Å². The fourth-order valence-corrected chi connectivity index (χ4v) is 2.08. The predicted molar refractivity (Wildman–Crippen MR) is 75.2 cm³/mol. The maximum Gasteiger partial charge on any atom is 0.249 e. The minimum atomic E-state index is 0.353. The summed E-state index contributed by atoms with van der Waals surface area (Å²) in [7, 11) is 0. The van der Waals surface area contributed by atoms with Gasteiger partial charge in [-0.2, -0.15) is 0 Å². The Morgan fingerprint density at radius 2 is 1.53 bits per heavy atom. The van der Waals surface area contributed by atoms with Crippen molar-refractivity contribution < 1.29 is 4.42 Å². The second-order valence-corrected chi connectivity index (χ2v) is 4.66. The van der Waals surface area contributed by atoms with Crippen LogP contribution in [0.2, 0.25) is 10.0 Å². The van der Waals surface area contributed by atoms with Gasteiger partial charge in [0.15, 0.2) is 0 Å². The molecule has 94 valence electrons. The van der Waals surface area contributed by atoms with Crippen molar-refractivity contribution in [2.45, 2.75) is 0 Å². The van der Waals surface area contributed by atoms with E-state index in [2.05, 4.69) is 10.2 Å². The van der Waals surface area contributed by atoms with Crippen LogP contribution in [0.5, 0.6) is 0 Å². The van der Waals surface area contributed by atoms with Crippen molar-refractivity contribution in [3.63, 3.8) is 0 Å². The van der Waals surface area contributed by atoms with E-state index in [4.69, 9.17) is 27.6 Å². The minimum absolute atomic E-state index is 0.353. The second-order valence-electron chi connectivity index (χ2n) is 3.88. The lowest BCUT2D eigenvalue weighted by atomic mass is 10.2. The van der Waals surface area contributed by atoms with Crippen LogP contribution in [-0.2, 0) is 0 Å². The van der Waals surface area contributed by atoms with Gasteiger partial charge >= 0.3 is 0 Å². The van der Waals surface area contributed by atoms with Gasteiger partial charge in [-0.3, -0.25) is 0 Å². The van der Waals surface area contributed by atoms with Gasteiger partial charge in [0, 0.05) is 5.56 Å². The van der Waals surface area contributed by atoms with Crippen LogP contribution in [0.4, 0.5) is 0 Å². The monoisotopic (exact) mass is 290 g/mol. The number of benzene rings is 2. The van der Waals surface area contributed by atoms with Gasteiger partial charge in [0.2, 0.25) is 11.8 Å². The van der Waals surface area contributed by atoms with Crippen molar-refractivity contribution in [2.24, 2.45) is 0 Å². The third-order valence-corrected chi connectivity index (χ3v) is 3.45. The maximum absolute atomic E-state index is 6.12. The van der Waals surface area contributed by atoms with Crippen molar-refractivity contribution in [1.29, 1.82) is 0 Å². The SMILES string of the molecule is Clc1cccc(-c2nnc(-c3ccccc3)o2)c1Cl. The molecule has 0 unspecified atom stereocenters. The van der Waals surface area contributed by atoms with Crippen LogP contribution in [0.25, 0.3) is 22.9 Å². The van der Waals surface area contributed by atoms with Gasteiger partial charge in [0.05, 0.1) is 15.6 Å². The highest BCUT2D eigenvalue weighted by Gasteiger charge is 2.14. The Morgan fingerprint density at radius 1 is 0.789 bits per heavy atom. The highest BCUT2D eigenvalue weighted by atomic mass is 35.5. The molecule has 0 atom stereocenters. The van der Waals surface area contributed by atoms with Gasteiger partial charge in [0.25, 0.3) is 0 Å². The molecule has 0 radical (unpaired) electrons. The Balaban J connectivity index is 2.05. The van der Waals surface area contributed by atoms with Crippen LogP contribution in [-0.4, -0.2) is 10.2 Å². The molecule has 0 saturated heterocycles. The molecule has 3 rings (SSSR count). The molecule has 0 amide bonds. The molecule has 1 heterocycles. The summed E-state index contributed by atoms with van der Waals surface area (Å²) < 4.78 is 5.63. The first-order valence-corrected chi connectivity index (χ1v) is 6.34. The minimum Gasteiger partial charge on any atom is -0.416 e. The van der Waals surface area contributed by atoms with E-state index in [0.717, 1.165) is 5.56 Å². The Bertz CT molecular complexity index is 710. The molecule has 0 bridgehead atoms. The number of halogens is 2. The predicted octanol–water partition coefficient (Wildman–Crippen LogP) is 4.71. The largest absolute Gasteiger partial charge is 0.416 e. The van der Waals surface area contributed by atoms with Crippen molar-refractivity contribution >= 4 is 23.2 Å². The highest BCUT2D eigenvalue weighted by Crippen LogP contribution is 2.33. The fraction of sp³-hybridized carbons (Fsp3) is 0. The first kappa shape index (κ1) is 12.2. The molecule has 0 spiro atoms. The van der Waals surface area contributed by atoms with Crippen LogP contribution in [0.15, 0.2) is 52.9 Å². The molecule has 3 aromatic rings. The van der Waals surface area contributed by atoms with Gasteiger partial charge in [-0.15, -0.1) is 10.2 Å². The third kappa shape index (κ3) is 2.35. The zero-order chi connectivity index (χ0) is 13.2. The van der Waals surface area contributed by atoms with E-state index in [1.54, 1.807) is 18.2 Å². The van der Waals surface area contributed by atoms with Crippen LogP contribution >= 0.6 is 23.2 Å². The lowest BCUT2D eigenvalue weighted by Gasteiger charge is -2.00. The maximum atomic E-state index is 6.12. The number of aromatic nitrogens is 2. The summed E-state index contributed by atoms with van der Waals surface area (Å²) in [5, 5.41) is 8.89. The first-order valence-electron chi connectivity index (χ1n) is 5.59. The van der Waals surface area contributed by atoms with E-state index in [1.165, 1.54) is 0 Å². The molecule has 0 aliphatic rings. The van der Waals surface area contributed by atoms with E-state index in [9.17, 15) is 0 Å². The van der Waals surface area contributed by atoms with E-state index in [-0.39, 0.29) is 0 Å². The van der Waals surface area contributed by atoms with Gasteiger partial charge in [-0.25, -0.2) is 0 Å². The van der Waals surface area contributed by atoms with Crippen LogP contribution in [0, 0.1) is 0 Å². The molecule has 0 aliphatic carbocycles. The van der Waals surface area contributed by atoms with Crippen molar-refractivity contribution in [2.75, 3.05) is 0 Å². The Morgan fingerprint density at radius 3 is 2.32 bits per heavy atom. The van der Waals surface area contributed by atoms with Gasteiger partial charge in [-0.1, -0.05) is 47.5 Å². The molecule has 0 saturated carbocycles. The van der Waals surface area contributed by atoms with E-state index in [0.29, 0.717) is 27.4 Å². The van der Waals surface area contributed by atoms with E-state index in [1.807, 2.05) is 30.3 Å². The third-order valence-electron chi connectivity index (χ3n) is 2.63. The standard InChI is InChI=1S/C14H8Cl2N2O/c15-11-8-4-7-10(12(11)16)14-18-17-13(19-14)9-5-2-1-3-6-9/h1-8H. The van der Waals surface area contributed by atoms with Crippen molar-refractivity contribution in [3.05, 3.63) is 58.6 Å². The smallest absolute Gasteiger partial charge is 0.249 e. The lowest BCUT2D eigenvalue weighted by molar-refractivity contribution is 0.584. The van der Waals surface area contributed by atoms with Gasteiger partial charge < -0.3 is 4.42 Å². The van der Waals surface area contributed by atoms with E-state index < -0.39 is 0 Å². The quantitative estimate of drug-likeness (QED) is 0.686. The topological polar surface area (TPSA) is 38.9 Å². The van der Waals surface area contributed by atoms with Crippen LogP contribution in [0.3, 0.4) is 0 Å². The molecule has 2 aromatic carbocycles. The summed E-state index contributed by atoms with van der Waals surface area (Å²) in [6.07, 6.45) is 0. The molecule has 0 N–H and O–H groups in total. The Kier molecular flexibility index (Phi) is 3.23. The van der Waals surface area contributed by atoms with E-state index >= 15 is 0 Å². The summed E-state index contributed by atoms with van der Waals surface area (Å²) in [6.45, 7) is 0. The molecule has 0 aliphatic heterocycles. The molecular formula is C14H8Cl2N2O. The Labute approximate surface area is 119 Å². The number of hydrogen-bond donors (Lipinski definition) is 0. The summed E-state index contributed by atoms with van der Waals surface area (Å²) in [5.74, 6) is 0.804. The van der Waals surface area contributed by atoms with Gasteiger partial charge in [0.1, 0.15) is 0 Å². The van der Waals surface area contributed by atoms with Gasteiger partial charge in [-0.05, 0) is 24.3 Å². The average Bonchev–Trinajstić information content (AvgIpc) is 2.92. The molecule has 5 heteroatoms. The average molecular weight is 291 g/mol. The van der Waals surface area contributed by atoms with Crippen LogP contribution in [0.1, 0.15) is 0 Å². The summed E-state index contributed by atoms with van der Waals surface area (Å²) >= 11 is 12.1. The highest BCUT2D eigenvalue weighted by molar-refractivity contribution is 6.43. The van der Waals surface area contributed by atoms with Crippen LogP contribution < -0.4 is 0 Å². The first-order chi connectivity index (χ1) is 9.25. The fourth-order valence-electron chi connectivity index (χ4n) is 1.70. The molecule has 1 aromatic heterocycles. The normalized spacial score (nSPS) is 10.6.